The number of nitrogens with one attached hydrogen (secondary N) is 1. The predicted molar refractivity (Wildman–Crippen MR) is 102 cm³/mol. The molecule has 1 saturated heterocycles. The second kappa shape index (κ2) is 5.66. The molecule has 1 fully saturated rings. The molecule has 4 nitrogen and oxygen atoms in total. The number of fused-ring (bicyclic) bond motifs is 3. The molecule has 0 saturated carbocycles. The van der Waals surface area contributed by atoms with Crippen LogP contribution in [0, 0.1) is 6.92 Å². The van der Waals surface area contributed by atoms with Gasteiger partial charge in [-0.25, -0.2) is 4.68 Å². The van der Waals surface area contributed by atoms with E-state index in [0.717, 1.165) is 5.69 Å². The molecule has 0 amide bonds. The van der Waals surface area contributed by atoms with Crippen LogP contribution in [0.3, 0.4) is 0 Å². The van der Waals surface area contributed by atoms with E-state index in [1.807, 2.05) is 0 Å². The van der Waals surface area contributed by atoms with Gasteiger partial charge in [-0.3, -0.25) is 0 Å². The number of aromatic nitrogens is 2. The average molecular weight is 330 g/mol. The maximum absolute atomic E-state index is 4.75. The number of nitrogens with zero attached hydrogens (tertiary/aromatic N) is 3. The van der Waals surface area contributed by atoms with E-state index in [4.69, 9.17) is 5.10 Å². The largest absolute Gasteiger partial charge is 0.372 e. The Morgan fingerprint density at radius 3 is 2.56 bits per heavy atom. The van der Waals surface area contributed by atoms with Crippen LogP contribution in [-0.4, -0.2) is 22.9 Å². The Bertz CT molecular complexity index is 904. The van der Waals surface area contributed by atoms with Crippen molar-refractivity contribution in [2.75, 3.05) is 23.3 Å². The molecule has 5 rings (SSSR count). The quantitative estimate of drug-likeness (QED) is 0.754. The van der Waals surface area contributed by atoms with Crippen molar-refractivity contribution in [1.82, 2.24) is 9.78 Å². The minimum atomic E-state index is 0.0335. The third kappa shape index (κ3) is 2.40. The monoisotopic (exact) mass is 330 g/mol. The summed E-state index contributed by atoms with van der Waals surface area (Å²) in [5.74, 6) is 0. The molecule has 126 valence electrons. The SMILES string of the molecule is Cc1cc2n(n1)C(c1ccc(N3CCCC3)cc1)Nc1ccccc1-2. The zero-order valence-electron chi connectivity index (χ0n) is 14.4. The van der Waals surface area contributed by atoms with Gasteiger partial charge in [-0.1, -0.05) is 30.3 Å². The fourth-order valence-corrected chi connectivity index (χ4v) is 4.02. The molecule has 1 unspecified atom stereocenters. The lowest BCUT2D eigenvalue weighted by molar-refractivity contribution is 0.571. The highest BCUT2D eigenvalue weighted by Gasteiger charge is 2.26. The third-order valence-corrected chi connectivity index (χ3v) is 5.28. The van der Waals surface area contributed by atoms with Crippen LogP contribution in [0.15, 0.2) is 54.6 Å². The van der Waals surface area contributed by atoms with E-state index in [1.165, 1.54) is 54.1 Å². The van der Waals surface area contributed by atoms with Gasteiger partial charge in [0.05, 0.1) is 11.4 Å². The Morgan fingerprint density at radius 1 is 1.00 bits per heavy atom. The Kier molecular flexibility index (Phi) is 3.30. The Morgan fingerprint density at radius 2 is 1.76 bits per heavy atom. The molecule has 0 spiro atoms. The van der Waals surface area contributed by atoms with Crippen LogP contribution in [0.25, 0.3) is 11.3 Å². The van der Waals surface area contributed by atoms with Gasteiger partial charge in [-0.2, -0.15) is 5.10 Å². The highest BCUT2D eigenvalue weighted by molar-refractivity contribution is 5.78. The first kappa shape index (κ1) is 14.6. The zero-order valence-corrected chi connectivity index (χ0v) is 14.4. The zero-order chi connectivity index (χ0) is 16.8. The van der Waals surface area contributed by atoms with Crippen molar-refractivity contribution in [2.45, 2.75) is 25.9 Å². The van der Waals surface area contributed by atoms with Crippen molar-refractivity contribution >= 4 is 11.4 Å². The van der Waals surface area contributed by atoms with Crippen LogP contribution >= 0.6 is 0 Å². The smallest absolute Gasteiger partial charge is 0.147 e. The van der Waals surface area contributed by atoms with Gasteiger partial charge in [0.1, 0.15) is 6.17 Å². The van der Waals surface area contributed by atoms with Crippen LogP contribution in [-0.2, 0) is 0 Å². The summed E-state index contributed by atoms with van der Waals surface area (Å²) in [7, 11) is 0. The van der Waals surface area contributed by atoms with Crippen LogP contribution in [0.5, 0.6) is 0 Å². The molecule has 0 radical (unpaired) electrons. The van der Waals surface area contributed by atoms with Gasteiger partial charge in [0, 0.05) is 30.0 Å². The Balaban J connectivity index is 1.54. The van der Waals surface area contributed by atoms with Crippen molar-refractivity contribution < 1.29 is 0 Å². The first-order chi connectivity index (χ1) is 12.3. The van der Waals surface area contributed by atoms with Crippen LogP contribution in [0.4, 0.5) is 11.4 Å². The fourth-order valence-electron chi connectivity index (χ4n) is 4.02. The van der Waals surface area contributed by atoms with E-state index in [2.05, 4.69) is 76.4 Å². The second-order valence-electron chi connectivity index (χ2n) is 6.99. The van der Waals surface area contributed by atoms with E-state index in [1.54, 1.807) is 0 Å². The molecular weight excluding hydrogens is 308 g/mol. The number of benzene rings is 2. The molecule has 3 aromatic rings. The summed E-state index contributed by atoms with van der Waals surface area (Å²) < 4.78 is 2.11. The molecule has 1 atom stereocenters. The molecule has 2 aliphatic heterocycles. The van der Waals surface area contributed by atoms with Crippen molar-refractivity contribution in [1.29, 1.82) is 0 Å². The first-order valence-electron chi connectivity index (χ1n) is 9.06. The second-order valence-corrected chi connectivity index (χ2v) is 6.99. The first-order valence-corrected chi connectivity index (χ1v) is 9.06. The third-order valence-electron chi connectivity index (χ3n) is 5.28. The van der Waals surface area contributed by atoms with Gasteiger partial charge in [0.15, 0.2) is 0 Å². The van der Waals surface area contributed by atoms with Crippen LogP contribution in [0.2, 0.25) is 0 Å². The van der Waals surface area contributed by atoms with Gasteiger partial charge in [0.2, 0.25) is 0 Å². The number of hydrogen-bond acceptors (Lipinski definition) is 3. The van der Waals surface area contributed by atoms with E-state index in [0.29, 0.717) is 0 Å². The average Bonchev–Trinajstić information content (AvgIpc) is 3.30. The maximum atomic E-state index is 4.75. The minimum absolute atomic E-state index is 0.0335. The maximum Gasteiger partial charge on any atom is 0.147 e. The Hall–Kier alpha value is -2.75. The topological polar surface area (TPSA) is 33.1 Å². The number of anilines is 2. The van der Waals surface area contributed by atoms with Gasteiger partial charge in [-0.05, 0) is 49.6 Å². The highest BCUT2D eigenvalue weighted by atomic mass is 15.4. The molecule has 25 heavy (non-hydrogen) atoms. The van der Waals surface area contributed by atoms with Crippen molar-refractivity contribution in [3.05, 3.63) is 65.9 Å². The molecule has 3 heterocycles. The van der Waals surface area contributed by atoms with Gasteiger partial charge in [-0.15, -0.1) is 0 Å². The molecule has 0 bridgehead atoms. The highest BCUT2D eigenvalue weighted by Crippen LogP contribution is 2.38. The van der Waals surface area contributed by atoms with E-state index in [9.17, 15) is 0 Å². The number of para-hydroxylation sites is 1. The summed E-state index contributed by atoms with van der Waals surface area (Å²) >= 11 is 0. The summed E-state index contributed by atoms with van der Waals surface area (Å²) in [6.45, 7) is 4.41. The van der Waals surface area contributed by atoms with Crippen molar-refractivity contribution in [3.63, 3.8) is 0 Å². The van der Waals surface area contributed by atoms with E-state index in [-0.39, 0.29) is 6.17 Å². The van der Waals surface area contributed by atoms with Crippen molar-refractivity contribution in [3.8, 4) is 11.3 Å². The lowest BCUT2D eigenvalue weighted by atomic mass is 10.0. The number of aryl methyl sites for hydroxylation is 1. The summed E-state index contributed by atoms with van der Waals surface area (Å²) in [5, 5.41) is 8.41. The molecule has 2 aromatic carbocycles. The molecule has 2 aliphatic rings. The molecule has 1 N–H and O–H groups in total. The summed E-state index contributed by atoms with van der Waals surface area (Å²) in [5.41, 5.74) is 7.18. The summed E-state index contributed by atoms with van der Waals surface area (Å²) in [6, 6.07) is 19.6. The lowest BCUT2D eigenvalue weighted by Gasteiger charge is -2.29. The number of rotatable bonds is 2. The summed E-state index contributed by atoms with van der Waals surface area (Å²) in [4.78, 5) is 2.47. The molecule has 1 aromatic heterocycles. The number of hydrogen-bond donors (Lipinski definition) is 1. The lowest BCUT2D eigenvalue weighted by Crippen LogP contribution is -2.25. The normalized spacial score (nSPS) is 18.6. The van der Waals surface area contributed by atoms with Crippen LogP contribution in [0.1, 0.15) is 30.3 Å². The Labute approximate surface area is 148 Å². The van der Waals surface area contributed by atoms with Crippen LogP contribution < -0.4 is 10.2 Å². The van der Waals surface area contributed by atoms with E-state index < -0.39 is 0 Å². The van der Waals surface area contributed by atoms with Gasteiger partial charge in [0.25, 0.3) is 0 Å². The van der Waals surface area contributed by atoms with E-state index >= 15 is 0 Å². The molecule has 4 heteroatoms. The van der Waals surface area contributed by atoms with Crippen molar-refractivity contribution in [2.24, 2.45) is 0 Å². The molecular formula is C21H22N4. The molecule has 0 aliphatic carbocycles. The minimum Gasteiger partial charge on any atom is -0.372 e. The fraction of sp³-hybridized carbons (Fsp3) is 0.286. The predicted octanol–water partition coefficient (Wildman–Crippen LogP) is 4.43. The van der Waals surface area contributed by atoms with Gasteiger partial charge >= 0.3 is 0 Å². The summed E-state index contributed by atoms with van der Waals surface area (Å²) in [6.07, 6.45) is 2.64. The van der Waals surface area contributed by atoms with Gasteiger partial charge < -0.3 is 10.2 Å². The standard InChI is InChI=1S/C21H22N4/c1-15-14-20-18-6-2-3-7-19(18)22-21(25(20)23-15)16-8-10-17(11-9-16)24-12-4-5-13-24/h2-3,6-11,14,21-22H,4-5,12-13H2,1H3.